The molecule has 1 aliphatic heterocycles. The zero-order chi connectivity index (χ0) is 30.0. The van der Waals surface area contributed by atoms with E-state index < -0.39 is 35.0 Å². The number of methoxy groups -OCH3 is 1. The Labute approximate surface area is 242 Å². The summed E-state index contributed by atoms with van der Waals surface area (Å²) in [5, 5.41) is 0. The Kier molecular flexibility index (Phi) is 8.30. The minimum absolute atomic E-state index is 0.0820. The third-order valence-electron chi connectivity index (χ3n) is 6.58. The Bertz CT molecular complexity index is 1880. The molecule has 1 aliphatic rings. The summed E-state index contributed by atoms with van der Waals surface area (Å²) in [6.45, 7) is 3.40. The molecule has 2 heterocycles. The number of aromatic nitrogens is 1. The zero-order valence-corrected chi connectivity index (χ0v) is 23.6. The fourth-order valence-electron chi connectivity index (χ4n) is 4.65. The van der Waals surface area contributed by atoms with Crippen LogP contribution in [-0.2, 0) is 16.1 Å². The summed E-state index contributed by atoms with van der Waals surface area (Å²) in [5.74, 6) is -2.26. The average Bonchev–Trinajstić information content (AvgIpc) is 3.26. The first kappa shape index (κ1) is 28.9. The molecule has 1 aromatic heterocycles. The summed E-state index contributed by atoms with van der Waals surface area (Å²) in [7, 11) is 1.48. The Hall–Kier alpha value is -4.64. The second-order valence-electron chi connectivity index (χ2n) is 9.29. The summed E-state index contributed by atoms with van der Waals surface area (Å²) in [6.07, 6.45) is 1.66. The molecule has 0 N–H and O–H groups in total. The van der Waals surface area contributed by atoms with E-state index in [0.29, 0.717) is 37.5 Å². The number of fused-ring (bicyclic) bond motifs is 1. The third kappa shape index (κ3) is 5.73. The van der Waals surface area contributed by atoms with Crippen LogP contribution in [0, 0.1) is 17.5 Å². The highest BCUT2D eigenvalue weighted by atomic mass is 32.1. The highest BCUT2D eigenvalue weighted by Gasteiger charge is 2.33. The van der Waals surface area contributed by atoms with Gasteiger partial charge in [0.1, 0.15) is 24.0 Å². The quantitative estimate of drug-likeness (QED) is 0.274. The van der Waals surface area contributed by atoms with Crippen LogP contribution >= 0.6 is 11.3 Å². The highest BCUT2D eigenvalue weighted by Crippen LogP contribution is 2.31. The van der Waals surface area contributed by atoms with E-state index in [4.69, 9.17) is 14.2 Å². The van der Waals surface area contributed by atoms with Crippen molar-refractivity contribution in [2.45, 2.75) is 26.5 Å². The number of ether oxygens (including phenoxy) is 3. The van der Waals surface area contributed by atoms with Crippen molar-refractivity contribution in [1.29, 1.82) is 0 Å². The first-order valence-corrected chi connectivity index (χ1v) is 13.7. The monoisotopic (exact) mass is 594 g/mol. The normalized spacial score (nSPS) is 14.8. The number of hydrogen-bond acceptors (Lipinski definition) is 7. The first-order chi connectivity index (χ1) is 20.2. The standard InChI is InChI=1S/C31H25F3N2O5S/c1-4-40-30(38)27-17(2)35-31-36(28(27)19-6-8-21(32)9-7-19)29(37)26(42-31)14-18-5-11-24(39-3)20(13-18)16-41-25-12-10-22(33)15-23(25)34/h5-15,28H,4,16H2,1-3H3/t28-/m0/s1. The van der Waals surface area contributed by atoms with Crippen LogP contribution < -0.4 is 24.4 Å². The lowest BCUT2D eigenvalue weighted by Gasteiger charge is -2.24. The maximum Gasteiger partial charge on any atom is 0.338 e. The molecule has 0 unspecified atom stereocenters. The largest absolute Gasteiger partial charge is 0.496 e. The molecule has 5 rings (SSSR count). The summed E-state index contributed by atoms with van der Waals surface area (Å²) >= 11 is 1.14. The van der Waals surface area contributed by atoms with Crippen molar-refractivity contribution in [2.24, 2.45) is 4.99 Å². The summed E-state index contributed by atoms with van der Waals surface area (Å²) < 4.78 is 59.1. The topological polar surface area (TPSA) is 79.1 Å². The van der Waals surface area contributed by atoms with Gasteiger partial charge in [0.05, 0.1) is 35.6 Å². The maximum atomic E-state index is 14.1. The van der Waals surface area contributed by atoms with Crippen molar-refractivity contribution in [3.05, 3.63) is 126 Å². The molecule has 42 heavy (non-hydrogen) atoms. The van der Waals surface area contributed by atoms with Crippen molar-refractivity contribution >= 4 is 23.4 Å². The van der Waals surface area contributed by atoms with Crippen molar-refractivity contribution < 1.29 is 32.2 Å². The molecule has 3 aromatic carbocycles. The smallest absolute Gasteiger partial charge is 0.338 e. The van der Waals surface area contributed by atoms with Crippen LogP contribution in [0.15, 0.2) is 81.7 Å². The lowest BCUT2D eigenvalue weighted by atomic mass is 9.96. The predicted octanol–water partition coefficient (Wildman–Crippen LogP) is 4.80. The van der Waals surface area contributed by atoms with E-state index in [0.717, 1.165) is 23.5 Å². The number of hydrogen-bond donors (Lipinski definition) is 0. The van der Waals surface area contributed by atoms with E-state index in [1.165, 1.54) is 42.0 Å². The lowest BCUT2D eigenvalue weighted by Crippen LogP contribution is -2.39. The average molecular weight is 595 g/mol. The van der Waals surface area contributed by atoms with Gasteiger partial charge in [0, 0.05) is 11.6 Å². The Balaban J connectivity index is 1.57. The molecule has 4 aromatic rings. The molecule has 1 atom stereocenters. The molecular weight excluding hydrogens is 569 g/mol. The molecule has 7 nitrogen and oxygen atoms in total. The Morgan fingerprint density at radius 3 is 2.43 bits per heavy atom. The zero-order valence-electron chi connectivity index (χ0n) is 22.8. The van der Waals surface area contributed by atoms with Gasteiger partial charge in [-0.05, 0) is 67.4 Å². The van der Waals surface area contributed by atoms with Gasteiger partial charge in [-0.2, -0.15) is 0 Å². The number of benzene rings is 3. The molecule has 0 amide bonds. The van der Waals surface area contributed by atoms with Gasteiger partial charge in [-0.3, -0.25) is 9.36 Å². The van der Waals surface area contributed by atoms with E-state index in [-0.39, 0.29) is 24.5 Å². The van der Waals surface area contributed by atoms with Crippen molar-refractivity contribution in [3.63, 3.8) is 0 Å². The minimum atomic E-state index is -0.867. The van der Waals surface area contributed by atoms with Crippen molar-refractivity contribution in [2.75, 3.05) is 13.7 Å². The number of rotatable bonds is 8. The van der Waals surface area contributed by atoms with Crippen LogP contribution in [0.3, 0.4) is 0 Å². The third-order valence-corrected chi connectivity index (χ3v) is 7.57. The Morgan fingerprint density at radius 1 is 1.02 bits per heavy atom. The fourth-order valence-corrected chi connectivity index (χ4v) is 5.70. The first-order valence-electron chi connectivity index (χ1n) is 12.9. The van der Waals surface area contributed by atoms with E-state index in [1.807, 2.05) is 0 Å². The number of carbonyl (C=O) groups is 1. The SMILES string of the molecule is CCOC(=O)C1=C(C)N=c2sc(=Cc3ccc(OC)c(COc4ccc(F)cc4F)c3)c(=O)n2[C@H]1c1ccc(F)cc1. The molecule has 0 fully saturated rings. The number of halogens is 3. The van der Waals surface area contributed by atoms with Crippen LogP contribution in [0.4, 0.5) is 13.2 Å². The fraction of sp³-hybridized carbons (Fsp3) is 0.194. The van der Waals surface area contributed by atoms with Gasteiger partial charge in [-0.15, -0.1) is 0 Å². The predicted molar refractivity (Wildman–Crippen MR) is 150 cm³/mol. The van der Waals surface area contributed by atoms with Gasteiger partial charge in [0.25, 0.3) is 5.56 Å². The molecule has 11 heteroatoms. The second kappa shape index (κ2) is 12.1. The van der Waals surface area contributed by atoms with Gasteiger partial charge in [-0.1, -0.05) is 29.5 Å². The number of allylic oxidation sites excluding steroid dienone is 1. The van der Waals surface area contributed by atoms with Gasteiger partial charge >= 0.3 is 5.97 Å². The van der Waals surface area contributed by atoms with E-state index in [1.54, 1.807) is 38.1 Å². The summed E-state index contributed by atoms with van der Waals surface area (Å²) in [4.78, 5) is 31.7. The highest BCUT2D eigenvalue weighted by molar-refractivity contribution is 7.07. The van der Waals surface area contributed by atoms with E-state index in [9.17, 15) is 22.8 Å². The molecule has 0 aliphatic carbocycles. The molecular formula is C31H25F3N2O5S. The molecule has 0 saturated carbocycles. The van der Waals surface area contributed by atoms with E-state index in [2.05, 4.69) is 4.99 Å². The van der Waals surface area contributed by atoms with Gasteiger partial charge < -0.3 is 14.2 Å². The minimum Gasteiger partial charge on any atom is -0.496 e. The molecule has 0 bridgehead atoms. The van der Waals surface area contributed by atoms with Crippen LogP contribution in [0.1, 0.15) is 36.6 Å². The number of esters is 1. The van der Waals surface area contributed by atoms with Gasteiger partial charge in [-0.25, -0.2) is 23.0 Å². The van der Waals surface area contributed by atoms with Crippen molar-refractivity contribution in [1.82, 2.24) is 4.57 Å². The molecule has 0 spiro atoms. The molecule has 0 radical (unpaired) electrons. The van der Waals surface area contributed by atoms with Crippen LogP contribution in [0.25, 0.3) is 6.08 Å². The number of thiazole rings is 1. The number of carbonyl (C=O) groups excluding carboxylic acids is 1. The Morgan fingerprint density at radius 2 is 1.74 bits per heavy atom. The van der Waals surface area contributed by atoms with Crippen LogP contribution in [0.5, 0.6) is 11.5 Å². The van der Waals surface area contributed by atoms with E-state index >= 15 is 0 Å². The molecule has 216 valence electrons. The summed E-state index contributed by atoms with van der Waals surface area (Å²) in [5.41, 5.74) is 1.90. The maximum absolute atomic E-state index is 14.1. The second-order valence-corrected chi connectivity index (χ2v) is 10.3. The van der Waals surface area contributed by atoms with Gasteiger partial charge in [0.15, 0.2) is 16.4 Å². The molecule has 0 saturated heterocycles. The van der Waals surface area contributed by atoms with Crippen LogP contribution in [-0.4, -0.2) is 24.3 Å². The van der Waals surface area contributed by atoms with Crippen molar-refractivity contribution in [3.8, 4) is 11.5 Å². The van der Waals surface area contributed by atoms with Crippen LogP contribution in [0.2, 0.25) is 0 Å². The van der Waals surface area contributed by atoms with Gasteiger partial charge in [0.2, 0.25) is 0 Å². The lowest BCUT2D eigenvalue weighted by molar-refractivity contribution is -0.139. The number of nitrogens with zero attached hydrogens (tertiary/aromatic N) is 2. The summed E-state index contributed by atoms with van der Waals surface area (Å²) in [6, 6.07) is 12.9.